The van der Waals surface area contributed by atoms with Crippen molar-refractivity contribution in [3.63, 3.8) is 0 Å². The van der Waals surface area contributed by atoms with Gasteiger partial charge in [0.15, 0.2) is 0 Å². The largest absolute Gasteiger partial charge is 0.497 e. The van der Waals surface area contributed by atoms with Gasteiger partial charge in [0, 0.05) is 6.54 Å². The van der Waals surface area contributed by atoms with Crippen LogP contribution < -0.4 is 15.4 Å². The third-order valence-electron chi connectivity index (χ3n) is 5.38. The molecule has 25 heavy (non-hydrogen) atoms. The molecule has 2 atom stereocenters. The van der Waals surface area contributed by atoms with Gasteiger partial charge in [-0.2, -0.15) is 0 Å². The van der Waals surface area contributed by atoms with Crippen LogP contribution in [0.15, 0.2) is 42.5 Å². The van der Waals surface area contributed by atoms with E-state index in [1.165, 1.54) is 22.3 Å². The number of nitrogens with one attached hydrogen (secondary N) is 2. The maximum absolute atomic E-state index is 12.8. The van der Waals surface area contributed by atoms with Crippen LogP contribution in [0.25, 0.3) is 0 Å². The van der Waals surface area contributed by atoms with Crippen molar-refractivity contribution in [3.05, 3.63) is 64.7 Å². The van der Waals surface area contributed by atoms with Crippen LogP contribution in [0.5, 0.6) is 5.75 Å². The number of amides is 1. The third kappa shape index (κ3) is 3.27. The molecule has 130 valence electrons. The Labute approximate surface area is 148 Å². The van der Waals surface area contributed by atoms with Crippen molar-refractivity contribution in [1.29, 1.82) is 0 Å². The molecule has 2 aromatic carbocycles. The van der Waals surface area contributed by atoms with E-state index < -0.39 is 0 Å². The second-order valence-corrected chi connectivity index (χ2v) is 6.92. The minimum absolute atomic E-state index is 0.0744. The molecule has 1 heterocycles. The molecule has 2 aromatic rings. The fourth-order valence-electron chi connectivity index (χ4n) is 3.97. The van der Waals surface area contributed by atoms with Crippen molar-refractivity contribution in [2.24, 2.45) is 0 Å². The van der Waals surface area contributed by atoms with Gasteiger partial charge in [0.1, 0.15) is 5.75 Å². The number of carbonyl (C=O) groups excluding carboxylic acids is 1. The minimum Gasteiger partial charge on any atom is -0.497 e. The molecule has 1 amide bonds. The van der Waals surface area contributed by atoms with Crippen LogP contribution in [0.4, 0.5) is 0 Å². The van der Waals surface area contributed by atoms with Crippen LogP contribution in [-0.4, -0.2) is 19.1 Å². The number of methoxy groups -OCH3 is 1. The smallest absolute Gasteiger partial charge is 0.237 e. The van der Waals surface area contributed by atoms with Crippen molar-refractivity contribution in [1.82, 2.24) is 10.6 Å². The van der Waals surface area contributed by atoms with Crippen molar-refractivity contribution < 1.29 is 9.53 Å². The SMILES string of the molecule is COc1ccc2c(c1)C(NC(=O)C1Cc3ccccc3CN1)CCC2. The molecule has 0 aromatic heterocycles. The molecule has 1 aliphatic heterocycles. The Balaban J connectivity index is 1.49. The van der Waals surface area contributed by atoms with Gasteiger partial charge in [0.05, 0.1) is 19.2 Å². The first-order valence-electron chi connectivity index (χ1n) is 9.02. The molecule has 2 N–H and O–H groups in total. The normalized spacial score (nSPS) is 21.8. The lowest BCUT2D eigenvalue weighted by molar-refractivity contribution is -0.124. The summed E-state index contributed by atoms with van der Waals surface area (Å²) in [7, 11) is 1.68. The molecular weight excluding hydrogens is 312 g/mol. The average Bonchev–Trinajstić information content (AvgIpc) is 2.67. The number of fused-ring (bicyclic) bond motifs is 2. The summed E-state index contributed by atoms with van der Waals surface area (Å²) in [5.74, 6) is 0.944. The molecule has 2 unspecified atom stereocenters. The molecule has 4 nitrogen and oxygen atoms in total. The first kappa shape index (κ1) is 16.2. The molecule has 0 spiro atoms. The van der Waals surface area contributed by atoms with Crippen LogP contribution in [0.1, 0.15) is 41.1 Å². The van der Waals surface area contributed by atoms with Crippen molar-refractivity contribution >= 4 is 5.91 Å². The Bertz CT molecular complexity index is 787. The first-order chi connectivity index (χ1) is 12.2. The molecule has 0 radical (unpaired) electrons. The van der Waals surface area contributed by atoms with E-state index in [-0.39, 0.29) is 18.0 Å². The number of hydrogen-bond acceptors (Lipinski definition) is 3. The predicted molar refractivity (Wildman–Crippen MR) is 97.6 cm³/mol. The van der Waals surface area contributed by atoms with E-state index in [1.54, 1.807) is 7.11 Å². The first-order valence-corrected chi connectivity index (χ1v) is 9.02. The van der Waals surface area contributed by atoms with Crippen LogP contribution in [0.3, 0.4) is 0 Å². The van der Waals surface area contributed by atoms with Gasteiger partial charge in [-0.1, -0.05) is 30.3 Å². The van der Waals surface area contributed by atoms with Crippen LogP contribution in [-0.2, 0) is 24.2 Å². The molecule has 0 fully saturated rings. The Morgan fingerprint density at radius 3 is 2.84 bits per heavy atom. The van der Waals surface area contributed by atoms with Gasteiger partial charge in [-0.3, -0.25) is 4.79 Å². The fraction of sp³-hybridized carbons (Fsp3) is 0.381. The van der Waals surface area contributed by atoms with Crippen molar-refractivity contribution in [3.8, 4) is 5.75 Å². The molecule has 2 aliphatic rings. The summed E-state index contributed by atoms with van der Waals surface area (Å²) in [6.45, 7) is 0.753. The van der Waals surface area contributed by atoms with E-state index in [9.17, 15) is 4.79 Å². The van der Waals surface area contributed by atoms with Gasteiger partial charge < -0.3 is 15.4 Å². The van der Waals surface area contributed by atoms with Crippen molar-refractivity contribution in [2.75, 3.05) is 7.11 Å². The zero-order valence-electron chi connectivity index (χ0n) is 14.5. The summed E-state index contributed by atoms with van der Waals surface area (Å²) in [5, 5.41) is 6.64. The molecular formula is C21H24N2O2. The zero-order chi connectivity index (χ0) is 17.2. The van der Waals surface area contributed by atoms with Gasteiger partial charge >= 0.3 is 0 Å². The average molecular weight is 336 g/mol. The van der Waals surface area contributed by atoms with Crippen LogP contribution in [0, 0.1) is 0 Å². The maximum atomic E-state index is 12.8. The lowest BCUT2D eigenvalue weighted by atomic mass is 9.87. The highest BCUT2D eigenvalue weighted by molar-refractivity contribution is 5.83. The number of carbonyl (C=O) groups is 1. The number of hydrogen-bond donors (Lipinski definition) is 2. The summed E-state index contributed by atoms with van der Waals surface area (Å²) in [6.07, 6.45) is 3.90. The number of benzene rings is 2. The molecule has 4 rings (SSSR count). The number of aryl methyl sites for hydroxylation is 1. The van der Waals surface area contributed by atoms with Gasteiger partial charge in [-0.15, -0.1) is 0 Å². The Kier molecular flexibility index (Phi) is 4.45. The van der Waals surface area contributed by atoms with Gasteiger partial charge in [-0.25, -0.2) is 0 Å². The predicted octanol–water partition coefficient (Wildman–Crippen LogP) is 2.90. The maximum Gasteiger partial charge on any atom is 0.237 e. The lowest BCUT2D eigenvalue weighted by Gasteiger charge is -2.30. The molecule has 4 heteroatoms. The molecule has 0 saturated heterocycles. The van der Waals surface area contributed by atoms with E-state index in [2.05, 4.69) is 34.9 Å². The Morgan fingerprint density at radius 2 is 2.00 bits per heavy atom. The summed E-state index contributed by atoms with van der Waals surface area (Å²) >= 11 is 0. The van der Waals surface area contributed by atoms with E-state index in [0.717, 1.165) is 38.0 Å². The highest BCUT2D eigenvalue weighted by Crippen LogP contribution is 2.32. The van der Waals surface area contributed by atoms with Gasteiger partial charge in [0.25, 0.3) is 0 Å². The van der Waals surface area contributed by atoms with E-state index in [4.69, 9.17) is 4.74 Å². The fourth-order valence-corrected chi connectivity index (χ4v) is 3.97. The summed E-state index contributed by atoms with van der Waals surface area (Å²) in [5.41, 5.74) is 5.08. The van der Waals surface area contributed by atoms with Gasteiger partial charge in [0.2, 0.25) is 5.91 Å². The highest BCUT2D eigenvalue weighted by Gasteiger charge is 2.28. The lowest BCUT2D eigenvalue weighted by Crippen LogP contribution is -2.48. The quantitative estimate of drug-likeness (QED) is 0.906. The van der Waals surface area contributed by atoms with Crippen LogP contribution >= 0.6 is 0 Å². The van der Waals surface area contributed by atoms with E-state index in [0.29, 0.717) is 0 Å². The highest BCUT2D eigenvalue weighted by atomic mass is 16.5. The summed E-state index contributed by atoms with van der Waals surface area (Å²) in [4.78, 5) is 12.8. The monoisotopic (exact) mass is 336 g/mol. The standard InChI is InChI=1S/C21H24N2O2/c1-25-17-10-9-14-7-4-8-19(18(14)12-17)23-21(24)20-11-15-5-2-3-6-16(15)13-22-20/h2-3,5-6,9-10,12,19-20,22H,4,7-8,11,13H2,1H3,(H,23,24). The van der Waals surface area contributed by atoms with Crippen molar-refractivity contribution in [2.45, 2.75) is 44.3 Å². The number of rotatable bonds is 3. The number of ether oxygens (including phenoxy) is 1. The third-order valence-corrected chi connectivity index (χ3v) is 5.38. The van der Waals surface area contributed by atoms with E-state index in [1.807, 2.05) is 18.2 Å². The summed E-state index contributed by atoms with van der Waals surface area (Å²) < 4.78 is 5.36. The van der Waals surface area contributed by atoms with Gasteiger partial charge in [-0.05, 0) is 60.1 Å². The second-order valence-electron chi connectivity index (χ2n) is 6.92. The molecule has 0 bridgehead atoms. The van der Waals surface area contributed by atoms with E-state index >= 15 is 0 Å². The molecule has 0 saturated carbocycles. The Morgan fingerprint density at radius 1 is 1.16 bits per heavy atom. The summed E-state index contributed by atoms with van der Waals surface area (Å²) in [6, 6.07) is 14.5. The Hall–Kier alpha value is -2.33. The minimum atomic E-state index is -0.161. The second kappa shape index (κ2) is 6.89. The molecule has 1 aliphatic carbocycles. The van der Waals surface area contributed by atoms with Crippen LogP contribution in [0.2, 0.25) is 0 Å². The zero-order valence-corrected chi connectivity index (χ0v) is 14.5. The topological polar surface area (TPSA) is 50.4 Å².